The summed E-state index contributed by atoms with van der Waals surface area (Å²) in [7, 11) is 0. The molecule has 1 aromatic carbocycles. The average Bonchev–Trinajstić information content (AvgIpc) is 3.53. The fourth-order valence-corrected chi connectivity index (χ4v) is 3.84. The molecule has 0 radical (unpaired) electrons. The smallest absolute Gasteiger partial charge is 0.341 e. The van der Waals surface area contributed by atoms with Crippen LogP contribution in [0.5, 0.6) is 5.75 Å². The fourth-order valence-electron chi connectivity index (χ4n) is 3.84. The van der Waals surface area contributed by atoms with Crippen molar-refractivity contribution in [2.75, 3.05) is 18.0 Å². The summed E-state index contributed by atoms with van der Waals surface area (Å²) < 4.78 is 26.5. The maximum absolute atomic E-state index is 14.8. The van der Waals surface area contributed by atoms with E-state index in [1.807, 2.05) is 18.2 Å². The Bertz CT molecular complexity index is 907. The van der Waals surface area contributed by atoms with E-state index in [0.29, 0.717) is 18.2 Å². The molecule has 1 aliphatic carbocycles. The van der Waals surface area contributed by atoms with Gasteiger partial charge in [-0.15, -0.1) is 0 Å². The second-order valence-electron chi connectivity index (χ2n) is 9.16. The van der Waals surface area contributed by atoms with Gasteiger partial charge in [0.1, 0.15) is 29.1 Å². The summed E-state index contributed by atoms with van der Waals surface area (Å²) >= 11 is 0. The average molecular weight is 413 g/mol. The number of rotatable bonds is 5. The first kappa shape index (κ1) is 20.6. The van der Waals surface area contributed by atoms with Crippen LogP contribution < -0.4 is 9.64 Å². The second kappa shape index (κ2) is 8.25. The van der Waals surface area contributed by atoms with Crippen LogP contribution in [0.4, 0.5) is 10.2 Å². The summed E-state index contributed by atoms with van der Waals surface area (Å²) in [5.41, 5.74) is 0.222. The third-order valence-corrected chi connectivity index (χ3v) is 5.38. The van der Waals surface area contributed by atoms with Gasteiger partial charge >= 0.3 is 5.97 Å². The van der Waals surface area contributed by atoms with Crippen molar-refractivity contribution in [3.05, 3.63) is 53.5 Å². The molecule has 2 aliphatic rings. The van der Waals surface area contributed by atoms with E-state index in [1.165, 1.54) is 6.07 Å². The summed E-state index contributed by atoms with van der Waals surface area (Å²) in [5.74, 6) is 0.570. The third kappa shape index (κ3) is 4.91. The van der Waals surface area contributed by atoms with Gasteiger partial charge in [0.25, 0.3) is 0 Å². The van der Waals surface area contributed by atoms with Crippen LogP contribution in [0.25, 0.3) is 0 Å². The van der Waals surface area contributed by atoms with E-state index in [0.717, 1.165) is 43.6 Å². The minimum absolute atomic E-state index is 0.0158. The van der Waals surface area contributed by atoms with Gasteiger partial charge in [-0.05, 0) is 76.1 Å². The van der Waals surface area contributed by atoms with E-state index in [-0.39, 0.29) is 11.7 Å². The number of piperidine rings is 1. The van der Waals surface area contributed by atoms with Gasteiger partial charge in [-0.1, -0.05) is 6.07 Å². The Kier molecular flexibility index (Phi) is 5.67. The third-order valence-electron chi connectivity index (χ3n) is 5.38. The van der Waals surface area contributed by atoms with Crippen LogP contribution >= 0.6 is 0 Å². The molecule has 5 nitrogen and oxygen atoms in total. The van der Waals surface area contributed by atoms with Crippen molar-refractivity contribution in [3.63, 3.8) is 0 Å². The van der Waals surface area contributed by atoms with Gasteiger partial charge in [-0.3, -0.25) is 0 Å². The molecule has 2 fully saturated rings. The molecule has 4 rings (SSSR count). The summed E-state index contributed by atoms with van der Waals surface area (Å²) in [5, 5.41) is 0. The first-order chi connectivity index (χ1) is 14.3. The predicted octanol–water partition coefficient (Wildman–Crippen LogP) is 5.10. The molecule has 1 saturated heterocycles. The molecular weight excluding hydrogens is 383 g/mol. The van der Waals surface area contributed by atoms with Gasteiger partial charge in [-0.25, -0.2) is 14.2 Å². The summed E-state index contributed by atoms with van der Waals surface area (Å²) in [6, 6.07) is 8.87. The highest BCUT2D eigenvalue weighted by molar-refractivity contribution is 5.90. The van der Waals surface area contributed by atoms with Crippen LogP contribution in [0.3, 0.4) is 0 Å². The molecule has 2 aromatic rings. The summed E-state index contributed by atoms with van der Waals surface area (Å²) in [4.78, 5) is 19.1. The number of esters is 1. The number of carbonyl (C=O) groups excluding carboxylic acids is 1. The van der Waals surface area contributed by atoms with E-state index in [4.69, 9.17) is 9.47 Å². The number of pyridine rings is 1. The zero-order chi connectivity index (χ0) is 21.3. The Labute approximate surface area is 177 Å². The Balaban J connectivity index is 1.54. The predicted molar refractivity (Wildman–Crippen MR) is 114 cm³/mol. The molecule has 0 amide bonds. The molecule has 0 N–H and O–H groups in total. The number of anilines is 1. The minimum Gasteiger partial charge on any atom is -0.488 e. The van der Waals surface area contributed by atoms with Crippen molar-refractivity contribution in [1.82, 2.24) is 4.98 Å². The molecule has 1 unspecified atom stereocenters. The Morgan fingerprint density at radius 2 is 2.00 bits per heavy atom. The van der Waals surface area contributed by atoms with Crippen LogP contribution in [0, 0.1) is 5.82 Å². The first-order valence-electron chi connectivity index (χ1n) is 10.7. The molecule has 1 saturated carbocycles. The van der Waals surface area contributed by atoms with Gasteiger partial charge in [0.15, 0.2) is 0 Å². The Hall–Kier alpha value is -2.63. The van der Waals surface area contributed by atoms with Crippen LogP contribution in [0.1, 0.15) is 68.3 Å². The molecule has 1 atom stereocenters. The number of benzene rings is 1. The van der Waals surface area contributed by atoms with Gasteiger partial charge in [0.05, 0.1) is 12.1 Å². The highest BCUT2D eigenvalue weighted by atomic mass is 19.1. The monoisotopic (exact) mass is 412 g/mol. The lowest BCUT2D eigenvalue weighted by atomic mass is 10.0. The molecular formula is C24H29FN2O3. The van der Waals surface area contributed by atoms with Crippen LogP contribution in [0.15, 0.2) is 36.5 Å². The number of carbonyl (C=O) groups is 1. The van der Waals surface area contributed by atoms with E-state index < -0.39 is 17.4 Å². The van der Waals surface area contributed by atoms with Gasteiger partial charge in [0.2, 0.25) is 0 Å². The van der Waals surface area contributed by atoms with Crippen molar-refractivity contribution < 1.29 is 18.7 Å². The maximum atomic E-state index is 14.8. The van der Waals surface area contributed by atoms with Crippen molar-refractivity contribution in [3.8, 4) is 5.75 Å². The number of nitrogens with zero attached hydrogens (tertiary/aromatic N) is 2. The SMILES string of the molecule is CC(C)(C)OC(=O)c1cc(C2CC2)c(OC2CCCN(c3ccccn3)C2)cc1F. The second-order valence-corrected chi connectivity index (χ2v) is 9.16. The van der Waals surface area contributed by atoms with Crippen molar-refractivity contribution in [2.24, 2.45) is 0 Å². The van der Waals surface area contributed by atoms with Crippen molar-refractivity contribution in [2.45, 2.75) is 64.1 Å². The topological polar surface area (TPSA) is 51.7 Å². The maximum Gasteiger partial charge on any atom is 0.341 e. The summed E-state index contributed by atoms with van der Waals surface area (Å²) in [6.45, 7) is 6.96. The van der Waals surface area contributed by atoms with Gasteiger partial charge in [0, 0.05) is 18.8 Å². The van der Waals surface area contributed by atoms with Crippen LogP contribution in [-0.4, -0.2) is 35.7 Å². The van der Waals surface area contributed by atoms with Crippen molar-refractivity contribution >= 4 is 11.8 Å². The highest BCUT2D eigenvalue weighted by Gasteiger charge is 2.32. The van der Waals surface area contributed by atoms with E-state index in [1.54, 1.807) is 33.0 Å². The number of ether oxygens (including phenoxy) is 2. The lowest BCUT2D eigenvalue weighted by molar-refractivity contribution is 0.00645. The lowest BCUT2D eigenvalue weighted by Crippen LogP contribution is -2.41. The quantitative estimate of drug-likeness (QED) is 0.640. The standard InChI is InChI=1S/C24H29FN2O3/c1-24(2,3)30-23(28)19-13-18(16-9-10-16)21(14-20(19)25)29-17-7-6-12-27(15-17)22-8-4-5-11-26-22/h4-5,8,11,13-14,16-17H,6-7,9-10,12,15H2,1-3H3. The number of aromatic nitrogens is 1. The largest absolute Gasteiger partial charge is 0.488 e. The minimum atomic E-state index is -0.671. The van der Waals surface area contributed by atoms with Gasteiger partial charge in [-0.2, -0.15) is 0 Å². The highest BCUT2D eigenvalue weighted by Crippen LogP contribution is 2.45. The number of halogens is 1. The van der Waals surface area contributed by atoms with Crippen LogP contribution in [0.2, 0.25) is 0 Å². The number of hydrogen-bond acceptors (Lipinski definition) is 5. The molecule has 0 spiro atoms. The van der Waals surface area contributed by atoms with Crippen molar-refractivity contribution in [1.29, 1.82) is 0 Å². The Morgan fingerprint density at radius 1 is 1.20 bits per heavy atom. The van der Waals surface area contributed by atoms with E-state index >= 15 is 0 Å². The summed E-state index contributed by atoms with van der Waals surface area (Å²) in [6.07, 6.45) is 5.68. The molecule has 1 aliphatic heterocycles. The molecule has 1 aromatic heterocycles. The lowest BCUT2D eigenvalue weighted by Gasteiger charge is -2.34. The van der Waals surface area contributed by atoms with Crippen LogP contribution in [-0.2, 0) is 4.74 Å². The fraction of sp³-hybridized carbons (Fsp3) is 0.500. The molecule has 160 valence electrons. The molecule has 6 heteroatoms. The zero-order valence-corrected chi connectivity index (χ0v) is 17.9. The van der Waals surface area contributed by atoms with E-state index in [2.05, 4.69) is 9.88 Å². The van der Waals surface area contributed by atoms with Gasteiger partial charge < -0.3 is 14.4 Å². The Morgan fingerprint density at radius 3 is 2.67 bits per heavy atom. The normalized spacial score (nSPS) is 19.5. The molecule has 0 bridgehead atoms. The molecule has 30 heavy (non-hydrogen) atoms. The molecule has 2 heterocycles. The zero-order valence-electron chi connectivity index (χ0n) is 17.9. The van der Waals surface area contributed by atoms with E-state index in [9.17, 15) is 9.18 Å². The first-order valence-corrected chi connectivity index (χ1v) is 10.7. The number of hydrogen-bond donors (Lipinski definition) is 0.